The largest absolute Gasteiger partial charge is 0.494 e. The van der Waals surface area contributed by atoms with Gasteiger partial charge < -0.3 is 19.1 Å². The lowest BCUT2D eigenvalue weighted by Crippen LogP contribution is -2.42. The van der Waals surface area contributed by atoms with Crippen molar-refractivity contribution in [3.05, 3.63) is 69.6 Å². The van der Waals surface area contributed by atoms with E-state index in [0.717, 1.165) is 60.3 Å². The molecule has 5 heterocycles. The van der Waals surface area contributed by atoms with Crippen molar-refractivity contribution in [1.82, 2.24) is 19.4 Å². The van der Waals surface area contributed by atoms with E-state index >= 15 is 0 Å². The topological polar surface area (TPSA) is 67.7 Å². The van der Waals surface area contributed by atoms with Crippen LogP contribution in [0.2, 0.25) is 0 Å². The monoisotopic (exact) mass is 502 g/mol. The van der Waals surface area contributed by atoms with Crippen LogP contribution in [-0.4, -0.2) is 64.6 Å². The van der Waals surface area contributed by atoms with Gasteiger partial charge in [-0.15, -0.1) is 11.3 Å². The van der Waals surface area contributed by atoms with Gasteiger partial charge in [-0.25, -0.2) is 0 Å². The molecule has 0 bridgehead atoms. The van der Waals surface area contributed by atoms with Gasteiger partial charge in [0.2, 0.25) is 0 Å². The Morgan fingerprint density at radius 1 is 1.08 bits per heavy atom. The highest BCUT2D eigenvalue weighted by atomic mass is 32.1. The molecule has 1 amide bonds. The van der Waals surface area contributed by atoms with E-state index in [9.17, 15) is 9.59 Å². The summed E-state index contributed by atoms with van der Waals surface area (Å²) in [6.07, 6.45) is 6.25. The van der Waals surface area contributed by atoms with E-state index in [1.807, 2.05) is 47.4 Å². The number of para-hydroxylation sites is 1. The van der Waals surface area contributed by atoms with Crippen molar-refractivity contribution in [3.63, 3.8) is 0 Å². The highest BCUT2D eigenvalue weighted by molar-refractivity contribution is 7.22. The zero-order valence-electron chi connectivity index (χ0n) is 20.5. The number of amides is 1. The van der Waals surface area contributed by atoms with E-state index < -0.39 is 0 Å². The van der Waals surface area contributed by atoms with Crippen LogP contribution in [0.5, 0.6) is 5.75 Å². The molecule has 0 spiro atoms. The fourth-order valence-electron chi connectivity index (χ4n) is 5.78. The Balaban J connectivity index is 1.46. The summed E-state index contributed by atoms with van der Waals surface area (Å²) in [5, 5.41) is 1.43. The van der Waals surface area contributed by atoms with E-state index in [0.29, 0.717) is 22.6 Å². The Kier molecular flexibility index (Phi) is 6.23. The van der Waals surface area contributed by atoms with Crippen molar-refractivity contribution in [2.75, 3.05) is 33.3 Å². The molecule has 186 valence electrons. The first-order valence-electron chi connectivity index (χ1n) is 12.7. The van der Waals surface area contributed by atoms with Crippen LogP contribution in [0.15, 0.2) is 53.5 Å². The number of benzene rings is 1. The molecule has 0 unspecified atom stereocenters. The molecule has 6 rings (SSSR count). The van der Waals surface area contributed by atoms with Crippen molar-refractivity contribution >= 4 is 38.2 Å². The fraction of sp³-hybridized carbons (Fsp3) is 0.393. The quantitative estimate of drug-likeness (QED) is 0.392. The molecule has 1 atom stereocenters. The molecule has 0 N–H and O–H groups in total. The van der Waals surface area contributed by atoms with Gasteiger partial charge in [0.25, 0.3) is 11.5 Å². The number of rotatable bonds is 6. The minimum atomic E-state index is -0.156. The number of carbonyl (C=O) groups excluding carboxylic acids is 1. The Hall–Kier alpha value is -3.23. The SMILES string of the molecule is COc1c(C(=O)N2CCC[C@H]2CN2CCCC2)sc2c1c(=O)n(Cc1ccccn1)c1ccccc21. The average molecular weight is 503 g/mol. The maximum Gasteiger partial charge on any atom is 0.268 e. The predicted octanol–water partition coefficient (Wildman–Crippen LogP) is 4.37. The standard InChI is InChI=1S/C28H30N4O3S/c1-35-24-23-25(36-26(24)28(34)31-16-8-10-20(31)18-30-14-6-7-15-30)21-11-2-3-12-22(21)32(27(23)33)17-19-9-4-5-13-29-19/h2-5,9,11-13,20H,6-8,10,14-18H2,1H3/t20-/m0/s1. The van der Waals surface area contributed by atoms with E-state index in [-0.39, 0.29) is 17.5 Å². The Morgan fingerprint density at radius 3 is 2.67 bits per heavy atom. The van der Waals surface area contributed by atoms with E-state index in [2.05, 4.69) is 9.88 Å². The number of pyridine rings is 2. The van der Waals surface area contributed by atoms with Gasteiger partial charge in [-0.05, 0) is 57.0 Å². The maximum absolute atomic E-state index is 13.9. The zero-order chi connectivity index (χ0) is 24.6. The second-order valence-electron chi connectivity index (χ2n) is 9.70. The molecule has 0 aliphatic carbocycles. The Bertz CT molecular complexity index is 1470. The molecule has 3 aromatic heterocycles. The van der Waals surface area contributed by atoms with Gasteiger partial charge in [0, 0.05) is 30.7 Å². The molecule has 0 radical (unpaired) electrons. The Labute approximate surface area is 213 Å². The third kappa shape index (κ3) is 3.98. The average Bonchev–Trinajstić information content (AvgIpc) is 3.67. The van der Waals surface area contributed by atoms with Crippen LogP contribution in [-0.2, 0) is 6.54 Å². The van der Waals surface area contributed by atoms with Gasteiger partial charge >= 0.3 is 0 Å². The van der Waals surface area contributed by atoms with Crippen molar-refractivity contribution in [3.8, 4) is 5.75 Å². The molecule has 7 nitrogen and oxygen atoms in total. The normalized spacial score (nSPS) is 18.5. The molecular weight excluding hydrogens is 472 g/mol. The number of hydrogen-bond acceptors (Lipinski definition) is 6. The van der Waals surface area contributed by atoms with Crippen LogP contribution >= 0.6 is 11.3 Å². The summed E-state index contributed by atoms with van der Waals surface area (Å²) in [6, 6.07) is 13.8. The molecule has 2 aliphatic rings. The van der Waals surface area contributed by atoms with Crippen LogP contribution in [0.3, 0.4) is 0 Å². The first kappa shape index (κ1) is 23.2. The van der Waals surface area contributed by atoms with E-state index in [1.165, 1.54) is 24.2 Å². The lowest BCUT2D eigenvalue weighted by Gasteiger charge is -2.28. The molecular formula is C28H30N4O3S. The third-order valence-corrected chi connectivity index (χ3v) is 8.71. The summed E-state index contributed by atoms with van der Waals surface area (Å²) in [4.78, 5) is 37.3. The third-order valence-electron chi connectivity index (χ3n) is 7.51. The van der Waals surface area contributed by atoms with Crippen molar-refractivity contribution in [2.24, 2.45) is 0 Å². The van der Waals surface area contributed by atoms with Gasteiger partial charge in [-0.1, -0.05) is 24.3 Å². The number of methoxy groups -OCH3 is 1. The van der Waals surface area contributed by atoms with E-state index in [1.54, 1.807) is 17.9 Å². The molecule has 36 heavy (non-hydrogen) atoms. The van der Waals surface area contributed by atoms with Crippen LogP contribution in [0.4, 0.5) is 0 Å². The summed E-state index contributed by atoms with van der Waals surface area (Å²) >= 11 is 1.39. The molecule has 8 heteroatoms. The number of likely N-dealkylation sites (tertiary alicyclic amines) is 2. The lowest BCUT2D eigenvalue weighted by molar-refractivity contribution is 0.0711. The minimum Gasteiger partial charge on any atom is -0.494 e. The number of thiophene rings is 1. The highest BCUT2D eigenvalue weighted by Crippen LogP contribution is 2.41. The second kappa shape index (κ2) is 9.67. The molecule has 2 saturated heterocycles. The number of ether oxygens (including phenoxy) is 1. The van der Waals surface area contributed by atoms with Crippen LogP contribution in [0.1, 0.15) is 41.0 Å². The molecule has 2 fully saturated rings. The lowest BCUT2D eigenvalue weighted by atomic mass is 10.1. The number of fused-ring (bicyclic) bond motifs is 3. The zero-order valence-corrected chi connectivity index (χ0v) is 21.3. The fourth-order valence-corrected chi connectivity index (χ4v) is 7.03. The van der Waals surface area contributed by atoms with Crippen molar-refractivity contribution < 1.29 is 9.53 Å². The number of aromatic nitrogens is 2. The summed E-state index contributed by atoms with van der Waals surface area (Å²) in [6.45, 7) is 4.26. The number of nitrogens with zero attached hydrogens (tertiary/aromatic N) is 4. The van der Waals surface area contributed by atoms with Gasteiger partial charge in [0.05, 0.1) is 29.6 Å². The van der Waals surface area contributed by atoms with Gasteiger partial charge in [-0.3, -0.25) is 14.6 Å². The summed E-state index contributed by atoms with van der Waals surface area (Å²) in [5.74, 6) is 0.381. The maximum atomic E-state index is 13.9. The highest BCUT2D eigenvalue weighted by Gasteiger charge is 2.35. The molecule has 1 aromatic carbocycles. The number of carbonyl (C=O) groups is 1. The molecule has 0 saturated carbocycles. The van der Waals surface area contributed by atoms with Gasteiger partial charge in [-0.2, -0.15) is 0 Å². The summed E-state index contributed by atoms with van der Waals surface area (Å²) in [7, 11) is 1.56. The summed E-state index contributed by atoms with van der Waals surface area (Å²) < 4.78 is 8.36. The molecule has 2 aliphatic heterocycles. The van der Waals surface area contributed by atoms with Gasteiger partial charge in [0.1, 0.15) is 10.3 Å². The van der Waals surface area contributed by atoms with Crippen LogP contribution in [0.25, 0.3) is 21.0 Å². The van der Waals surface area contributed by atoms with Crippen LogP contribution < -0.4 is 10.3 Å². The van der Waals surface area contributed by atoms with E-state index in [4.69, 9.17) is 4.74 Å². The predicted molar refractivity (Wildman–Crippen MR) is 143 cm³/mol. The van der Waals surface area contributed by atoms with Crippen LogP contribution in [0, 0.1) is 0 Å². The number of hydrogen-bond donors (Lipinski definition) is 0. The molecule has 4 aromatic rings. The van der Waals surface area contributed by atoms with Crippen molar-refractivity contribution in [2.45, 2.75) is 38.3 Å². The Morgan fingerprint density at radius 2 is 1.89 bits per heavy atom. The second-order valence-corrected chi connectivity index (χ2v) is 10.7. The minimum absolute atomic E-state index is 0.0190. The van der Waals surface area contributed by atoms with Crippen molar-refractivity contribution in [1.29, 1.82) is 0 Å². The smallest absolute Gasteiger partial charge is 0.268 e. The first-order valence-corrected chi connectivity index (χ1v) is 13.5. The first-order chi connectivity index (χ1) is 17.7. The van der Waals surface area contributed by atoms with Gasteiger partial charge in [0.15, 0.2) is 5.75 Å². The summed E-state index contributed by atoms with van der Waals surface area (Å²) in [5.41, 5.74) is 1.48.